The molecule has 0 radical (unpaired) electrons. The molecule has 0 bridgehead atoms. The third-order valence-electron chi connectivity index (χ3n) is 3.56. The van der Waals surface area contributed by atoms with Crippen molar-refractivity contribution in [2.45, 2.75) is 11.8 Å². The second-order valence-corrected chi connectivity index (χ2v) is 6.45. The number of aromatic nitrogens is 3. The number of hydrogen-bond donors (Lipinski definition) is 1. The molecule has 0 spiro atoms. The topological polar surface area (TPSA) is 84.4 Å². The van der Waals surface area contributed by atoms with Crippen LogP contribution in [0.15, 0.2) is 53.7 Å². The average Bonchev–Trinajstić information content (AvgIpc) is 3.05. The molecule has 0 unspecified atom stereocenters. The number of nitrogens with two attached hydrogens (primary N) is 1. The van der Waals surface area contributed by atoms with Crippen LogP contribution in [-0.4, -0.2) is 34.3 Å². The fourth-order valence-corrected chi connectivity index (χ4v) is 2.84. The van der Waals surface area contributed by atoms with E-state index in [2.05, 4.69) is 10.2 Å². The molecule has 0 saturated heterocycles. The molecule has 1 aromatic heterocycles. The normalized spacial score (nSPS) is 10.6. The highest BCUT2D eigenvalue weighted by Gasteiger charge is 2.11. The first kappa shape index (κ1) is 18.8. The molecule has 0 aliphatic heterocycles. The maximum Gasteiger partial charge on any atom is 0.210 e. The Balaban J connectivity index is 1.44. The molecular formula is C18H19FN4O3S. The minimum atomic E-state index is -0.320. The largest absolute Gasteiger partial charge is 0.497 e. The van der Waals surface area contributed by atoms with Crippen LogP contribution >= 0.6 is 11.8 Å². The predicted octanol–water partition coefficient (Wildman–Crippen LogP) is 2.89. The highest BCUT2D eigenvalue weighted by Crippen LogP contribution is 2.19. The van der Waals surface area contributed by atoms with E-state index in [1.165, 1.54) is 28.6 Å². The Morgan fingerprint density at radius 3 is 2.30 bits per heavy atom. The van der Waals surface area contributed by atoms with Crippen molar-refractivity contribution in [2.24, 2.45) is 0 Å². The Labute approximate surface area is 160 Å². The number of rotatable bonds is 9. The number of hydrogen-bond acceptors (Lipinski definition) is 7. The van der Waals surface area contributed by atoms with E-state index in [0.29, 0.717) is 29.1 Å². The van der Waals surface area contributed by atoms with Crippen molar-refractivity contribution in [3.8, 4) is 17.2 Å². The van der Waals surface area contributed by atoms with Crippen LogP contribution in [0.4, 0.5) is 4.39 Å². The van der Waals surface area contributed by atoms with Gasteiger partial charge in [-0.2, -0.15) is 0 Å². The molecular weight excluding hydrogens is 371 g/mol. The van der Waals surface area contributed by atoms with E-state index in [1.807, 2.05) is 24.3 Å². The number of ether oxygens (including phenoxy) is 3. The first-order valence-electron chi connectivity index (χ1n) is 8.13. The fourth-order valence-electron chi connectivity index (χ4n) is 2.15. The van der Waals surface area contributed by atoms with Crippen LogP contribution in [0.25, 0.3) is 0 Å². The summed E-state index contributed by atoms with van der Waals surface area (Å²) in [6.45, 7) is 0.628. The Kier molecular flexibility index (Phi) is 6.37. The molecule has 0 amide bonds. The van der Waals surface area contributed by atoms with E-state index in [-0.39, 0.29) is 12.4 Å². The number of thioether (sulfide) groups is 1. The third kappa shape index (κ3) is 5.27. The summed E-state index contributed by atoms with van der Waals surface area (Å²) in [7, 11) is 1.62. The van der Waals surface area contributed by atoms with Gasteiger partial charge in [0.2, 0.25) is 5.16 Å². The number of benzene rings is 2. The zero-order chi connectivity index (χ0) is 19.1. The summed E-state index contributed by atoms with van der Waals surface area (Å²) in [6, 6.07) is 13.1. The lowest BCUT2D eigenvalue weighted by Gasteiger charge is -2.07. The number of halogens is 1. The highest BCUT2D eigenvalue weighted by molar-refractivity contribution is 7.99. The van der Waals surface area contributed by atoms with E-state index in [9.17, 15) is 4.39 Å². The lowest BCUT2D eigenvalue weighted by Crippen LogP contribution is -2.16. The van der Waals surface area contributed by atoms with Gasteiger partial charge in [0.05, 0.1) is 13.7 Å². The third-order valence-corrected chi connectivity index (χ3v) is 4.47. The molecule has 9 heteroatoms. The second kappa shape index (κ2) is 9.13. The molecule has 3 rings (SSSR count). The van der Waals surface area contributed by atoms with Crippen molar-refractivity contribution >= 4 is 11.8 Å². The molecule has 3 aromatic rings. The first-order valence-corrected chi connectivity index (χ1v) is 9.11. The van der Waals surface area contributed by atoms with Gasteiger partial charge in [0.1, 0.15) is 29.7 Å². The van der Waals surface area contributed by atoms with Gasteiger partial charge in [-0.3, -0.25) is 0 Å². The Bertz CT molecular complexity index is 856. The summed E-state index contributed by atoms with van der Waals surface area (Å²) in [5.74, 6) is 8.87. The lowest BCUT2D eigenvalue weighted by atomic mass is 10.3. The van der Waals surface area contributed by atoms with Crippen molar-refractivity contribution in [3.05, 3.63) is 60.2 Å². The summed E-state index contributed by atoms with van der Waals surface area (Å²) in [5.41, 5.74) is 0. The van der Waals surface area contributed by atoms with Gasteiger partial charge in [-0.1, -0.05) is 11.8 Å². The maximum atomic E-state index is 12.9. The van der Waals surface area contributed by atoms with Gasteiger partial charge < -0.3 is 20.1 Å². The van der Waals surface area contributed by atoms with Gasteiger partial charge in [-0.25, -0.2) is 9.07 Å². The molecule has 142 valence electrons. The molecule has 27 heavy (non-hydrogen) atoms. The highest BCUT2D eigenvalue weighted by atomic mass is 32.2. The summed E-state index contributed by atoms with van der Waals surface area (Å²) in [6.07, 6.45) is 0. The smallest absolute Gasteiger partial charge is 0.210 e. The Morgan fingerprint density at radius 2 is 1.59 bits per heavy atom. The molecule has 1 heterocycles. The molecule has 0 fully saturated rings. The van der Waals surface area contributed by atoms with E-state index >= 15 is 0 Å². The van der Waals surface area contributed by atoms with E-state index in [0.717, 1.165) is 11.5 Å². The number of nitrogens with zero attached hydrogens (tertiary/aromatic N) is 3. The van der Waals surface area contributed by atoms with Crippen LogP contribution in [0.3, 0.4) is 0 Å². The van der Waals surface area contributed by atoms with Crippen molar-refractivity contribution in [1.82, 2.24) is 14.9 Å². The van der Waals surface area contributed by atoms with Crippen LogP contribution in [0.2, 0.25) is 0 Å². The minimum Gasteiger partial charge on any atom is -0.497 e. The van der Waals surface area contributed by atoms with Crippen molar-refractivity contribution in [3.63, 3.8) is 0 Å². The zero-order valence-corrected chi connectivity index (χ0v) is 15.5. The number of methoxy groups -OCH3 is 1. The summed E-state index contributed by atoms with van der Waals surface area (Å²) >= 11 is 1.43. The Hall–Kier alpha value is -2.94. The molecule has 0 saturated carbocycles. The quantitative estimate of drug-likeness (QED) is 0.342. The first-order chi connectivity index (χ1) is 13.2. The van der Waals surface area contributed by atoms with Crippen molar-refractivity contribution < 1.29 is 18.6 Å². The SMILES string of the molecule is COc1ccc(OCCSc2nnc(COc3ccc(F)cc3)n2N)cc1. The fraction of sp³-hybridized carbons (Fsp3) is 0.222. The zero-order valence-electron chi connectivity index (χ0n) is 14.7. The van der Waals surface area contributed by atoms with Gasteiger partial charge >= 0.3 is 0 Å². The molecule has 7 nitrogen and oxygen atoms in total. The molecule has 2 aromatic carbocycles. The van der Waals surface area contributed by atoms with Crippen LogP contribution < -0.4 is 20.1 Å². The maximum absolute atomic E-state index is 12.9. The van der Waals surface area contributed by atoms with Crippen LogP contribution in [0.1, 0.15) is 5.82 Å². The Morgan fingerprint density at radius 1 is 0.963 bits per heavy atom. The van der Waals surface area contributed by atoms with Crippen LogP contribution in [0, 0.1) is 5.82 Å². The van der Waals surface area contributed by atoms with Gasteiger partial charge in [-0.15, -0.1) is 10.2 Å². The predicted molar refractivity (Wildman–Crippen MR) is 100 cm³/mol. The van der Waals surface area contributed by atoms with Gasteiger partial charge in [-0.05, 0) is 48.5 Å². The van der Waals surface area contributed by atoms with Crippen molar-refractivity contribution in [1.29, 1.82) is 0 Å². The van der Waals surface area contributed by atoms with Crippen LogP contribution in [-0.2, 0) is 6.61 Å². The molecule has 0 aliphatic rings. The monoisotopic (exact) mass is 390 g/mol. The summed E-state index contributed by atoms with van der Waals surface area (Å²) in [4.78, 5) is 0. The van der Waals surface area contributed by atoms with Gasteiger partial charge in [0.25, 0.3) is 0 Å². The number of nitrogen functional groups attached to an aromatic ring is 1. The van der Waals surface area contributed by atoms with Crippen molar-refractivity contribution in [2.75, 3.05) is 25.3 Å². The second-order valence-electron chi connectivity index (χ2n) is 5.38. The summed E-state index contributed by atoms with van der Waals surface area (Å²) in [5, 5.41) is 8.63. The van der Waals surface area contributed by atoms with E-state index < -0.39 is 0 Å². The molecule has 0 atom stereocenters. The van der Waals surface area contributed by atoms with Crippen LogP contribution in [0.5, 0.6) is 17.2 Å². The lowest BCUT2D eigenvalue weighted by molar-refractivity contribution is 0.291. The van der Waals surface area contributed by atoms with E-state index in [1.54, 1.807) is 19.2 Å². The van der Waals surface area contributed by atoms with E-state index in [4.69, 9.17) is 20.1 Å². The molecule has 0 aliphatic carbocycles. The standard InChI is InChI=1S/C18H19FN4O3S/c1-24-14-6-8-15(9-7-14)25-10-11-27-18-22-21-17(23(18)20)12-26-16-4-2-13(19)3-5-16/h2-9H,10-12,20H2,1H3. The van der Waals surface area contributed by atoms with Gasteiger partial charge in [0, 0.05) is 5.75 Å². The van der Waals surface area contributed by atoms with Gasteiger partial charge in [0.15, 0.2) is 5.82 Å². The molecule has 2 N–H and O–H groups in total. The summed E-state index contributed by atoms with van der Waals surface area (Å²) < 4.78 is 30.6. The average molecular weight is 390 g/mol. The minimum absolute atomic E-state index is 0.137.